The first-order valence-corrected chi connectivity index (χ1v) is 7.70. The van der Waals surface area contributed by atoms with Crippen molar-refractivity contribution in [2.75, 3.05) is 0 Å². The molecule has 0 aliphatic heterocycles. The summed E-state index contributed by atoms with van der Waals surface area (Å²) in [7, 11) is 0. The summed E-state index contributed by atoms with van der Waals surface area (Å²) in [5, 5.41) is 2.89. The van der Waals surface area contributed by atoms with Gasteiger partial charge in [0.25, 0.3) is 0 Å². The normalized spacial score (nSPS) is 10.8. The van der Waals surface area contributed by atoms with E-state index in [0.29, 0.717) is 17.3 Å². The number of halogens is 2. The van der Waals surface area contributed by atoms with Crippen molar-refractivity contribution in [3.05, 3.63) is 69.7 Å². The minimum Gasteiger partial charge on any atom is -0.456 e. The summed E-state index contributed by atoms with van der Waals surface area (Å²) >= 11 is 9.77. The average Bonchev–Trinajstić information content (AvgIpc) is 2.51. The minimum atomic E-state index is 0.415. The van der Waals surface area contributed by atoms with Gasteiger partial charge in [-0.05, 0) is 50.5 Å². The SMILES string of the molecule is NCc1ccc(Oc2ccc3ccccc3c2Br)cc1Cl. The van der Waals surface area contributed by atoms with Gasteiger partial charge in [-0.2, -0.15) is 0 Å². The molecule has 0 aliphatic rings. The number of hydrogen-bond acceptors (Lipinski definition) is 2. The summed E-state index contributed by atoms with van der Waals surface area (Å²) in [6, 6.07) is 17.6. The first kappa shape index (κ1) is 14.4. The second kappa shape index (κ2) is 6.06. The molecule has 0 fully saturated rings. The molecule has 2 nitrogen and oxygen atoms in total. The summed E-state index contributed by atoms with van der Waals surface area (Å²) in [6.07, 6.45) is 0. The largest absolute Gasteiger partial charge is 0.456 e. The van der Waals surface area contributed by atoms with E-state index in [1.54, 1.807) is 6.07 Å². The summed E-state index contributed by atoms with van der Waals surface area (Å²) in [5.74, 6) is 1.44. The Bertz CT molecular complexity index is 804. The lowest BCUT2D eigenvalue weighted by Gasteiger charge is -2.11. The van der Waals surface area contributed by atoms with Gasteiger partial charge in [-0.25, -0.2) is 0 Å². The van der Waals surface area contributed by atoms with Crippen molar-refractivity contribution >= 4 is 38.3 Å². The molecular weight excluding hydrogens is 350 g/mol. The van der Waals surface area contributed by atoms with Crippen LogP contribution in [0.2, 0.25) is 5.02 Å². The van der Waals surface area contributed by atoms with Crippen molar-refractivity contribution in [1.82, 2.24) is 0 Å². The van der Waals surface area contributed by atoms with E-state index >= 15 is 0 Å². The Labute approximate surface area is 136 Å². The maximum atomic E-state index is 6.16. The summed E-state index contributed by atoms with van der Waals surface area (Å²) in [5.41, 5.74) is 6.51. The van der Waals surface area contributed by atoms with Gasteiger partial charge in [0, 0.05) is 11.6 Å². The van der Waals surface area contributed by atoms with E-state index in [0.717, 1.165) is 26.6 Å². The van der Waals surface area contributed by atoms with Gasteiger partial charge in [0.15, 0.2) is 0 Å². The van der Waals surface area contributed by atoms with Crippen LogP contribution in [0.1, 0.15) is 5.56 Å². The van der Waals surface area contributed by atoms with Crippen LogP contribution in [0.25, 0.3) is 10.8 Å². The van der Waals surface area contributed by atoms with Gasteiger partial charge >= 0.3 is 0 Å². The zero-order valence-corrected chi connectivity index (χ0v) is 13.5. The second-order valence-electron chi connectivity index (χ2n) is 4.66. The molecule has 4 heteroatoms. The first-order valence-electron chi connectivity index (χ1n) is 6.52. The quantitative estimate of drug-likeness (QED) is 0.667. The van der Waals surface area contributed by atoms with Crippen molar-refractivity contribution in [1.29, 1.82) is 0 Å². The highest BCUT2D eigenvalue weighted by Gasteiger charge is 2.08. The number of hydrogen-bond donors (Lipinski definition) is 1. The monoisotopic (exact) mass is 361 g/mol. The topological polar surface area (TPSA) is 35.2 Å². The van der Waals surface area contributed by atoms with Crippen LogP contribution in [-0.4, -0.2) is 0 Å². The molecule has 0 radical (unpaired) electrons. The van der Waals surface area contributed by atoms with Crippen LogP contribution in [0.4, 0.5) is 0 Å². The molecule has 2 N–H and O–H groups in total. The molecule has 3 aromatic rings. The molecule has 0 unspecified atom stereocenters. The number of rotatable bonds is 3. The first-order chi connectivity index (χ1) is 10.2. The molecule has 106 valence electrons. The Morgan fingerprint density at radius 1 is 1.05 bits per heavy atom. The second-order valence-corrected chi connectivity index (χ2v) is 5.86. The fourth-order valence-corrected chi connectivity index (χ4v) is 3.00. The minimum absolute atomic E-state index is 0.415. The zero-order chi connectivity index (χ0) is 14.8. The zero-order valence-electron chi connectivity index (χ0n) is 11.1. The Morgan fingerprint density at radius 2 is 1.86 bits per heavy atom. The fourth-order valence-electron chi connectivity index (χ4n) is 2.18. The molecule has 0 aliphatic carbocycles. The van der Waals surface area contributed by atoms with Crippen molar-refractivity contribution < 1.29 is 4.74 Å². The highest BCUT2D eigenvalue weighted by atomic mass is 79.9. The van der Waals surface area contributed by atoms with Crippen LogP contribution in [-0.2, 0) is 6.54 Å². The maximum absolute atomic E-state index is 6.16. The highest BCUT2D eigenvalue weighted by Crippen LogP contribution is 2.36. The highest BCUT2D eigenvalue weighted by molar-refractivity contribution is 9.10. The van der Waals surface area contributed by atoms with Crippen LogP contribution in [0.3, 0.4) is 0 Å². The van der Waals surface area contributed by atoms with Crippen molar-refractivity contribution in [2.45, 2.75) is 6.54 Å². The summed E-state index contributed by atoms with van der Waals surface area (Å²) in [6.45, 7) is 0.415. The summed E-state index contributed by atoms with van der Waals surface area (Å²) in [4.78, 5) is 0. The predicted octanol–water partition coefficient (Wildman–Crippen LogP) is 5.51. The standard InChI is InChI=1S/C17H13BrClNO/c18-17-14-4-2-1-3-11(14)6-8-16(17)21-13-7-5-12(10-20)15(19)9-13/h1-9H,10,20H2. The number of fused-ring (bicyclic) bond motifs is 1. The number of ether oxygens (including phenoxy) is 1. The lowest BCUT2D eigenvalue weighted by Crippen LogP contribution is -1.97. The molecule has 0 aromatic heterocycles. The van der Waals surface area contributed by atoms with Crippen LogP contribution in [0, 0.1) is 0 Å². The van der Waals surface area contributed by atoms with E-state index in [-0.39, 0.29) is 0 Å². The molecule has 21 heavy (non-hydrogen) atoms. The van der Waals surface area contributed by atoms with Crippen molar-refractivity contribution in [3.63, 3.8) is 0 Å². The maximum Gasteiger partial charge on any atom is 0.142 e. The van der Waals surface area contributed by atoms with Crippen LogP contribution >= 0.6 is 27.5 Å². The molecule has 0 heterocycles. The third-order valence-electron chi connectivity index (χ3n) is 3.30. The van der Waals surface area contributed by atoms with Gasteiger partial charge in [-0.1, -0.05) is 48.0 Å². The Kier molecular flexibility index (Phi) is 4.15. The van der Waals surface area contributed by atoms with Gasteiger partial charge in [-0.3, -0.25) is 0 Å². The van der Waals surface area contributed by atoms with Gasteiger partial charge < -0.3 is 10.5 Å². The van der Waals surface area contributed by atoms with Crippen molar-refractivity contribution in [2.24, 2.45) is 5.73 Å². The molecule has 3 aromatic carbocycles. The molecule has 0 amide bonds. The summed E-state index contributed by atoms with van der Waals surface area (Å²) < 4.78 is 6.86. The van der Waals surface area contributed by atoms with Crippen LogP contribution in [0.15, 0.2) is 59.1 Å². The van der Waals surface area contributed by atoms with Crippen LogP contribution in [0.5, 0.6) is 11.5 Å². The van der Waals surface area contributed by atoms with E-state index < -0.39 is 0 Å². The number of benzene rings is 3. The smallest absolute Gasteiger partial charge is 0.142 e. The predicted molar refractivity (Wildman–Crippen MR) is 91.1 cm³/mol. The fraction of sp³-hybridized carbons (Fsp3) is 0.0588. The molecule has 0 bridgehead atoms. The van der Waals surface area contributed by atoms with E-state index in [1.807, 2.05) is 36.4 Å². The lowest BCUT2D eigenvalue weighted by molar-refractivity contribution is 0.480. The van der Waals surface area contributed by atoms with Gasteiger partial charge in [0.05, 0.1) is 4.47 Å². The molecule has 0 spiro atoms. The molecule has 3 rings (SSSR count). The van der Waals surface area contributed by atoms with E-state index in [1.165, 1.54) is 0 Å². The Hall–Kier alpha value is -1.55. The molecular formula is C17H13BrClNO. The van der Waals surface area contributed by atoms with Crippen LogP contribution < -0.4 is 10.5 Å². The number of nitrogens with two attached hydrogens (primary N) is 1. The third-order valence-corrected chi connectivity index (χ3v) is 4.47. The molecule has 0 atom stereocenters. The molecule has 0 saturated heterocycles. The third kappa shape index (κ3) is 2.91. The average molecular weight is 363 g/mol. The van der Waals surface area contributed by atoms with Gasteiger partial charge in [0.1, 0.15) is 11.5 Å². The van der Waals surface area contributed by atoms with E-state index in [2.05, 4.69) is 28.1 Å². The molecule has 0 saturated carbocycles. The van der Waals surface area contributed by atoms with Crippen molar-refractivity contribution in [3.8, 4) is 11.5 Å². The Morgan fingerprint density at radius 3 is 2.62 bits per heavy atom. The lowest BCUT2D eigenvalue weighted by atomic mass is 10.1. The van der Waals surface area contributed by atoms with Gasteiger partial charge in [-0.15, -0.1) is 0 Å². The Balaban J connectivity index is 1.98. The van der Waals surface area contributed by atoms with E-state index in [9.17, 15) is 0 Å². The van der Waals surface area contributed by atoms with Gasteiger partial charge in [0.2, 0.25) is 0 Å². The van der Waals surface area contributed by atoms with E-state index in [4.69, 9.17) is 22.1 Å².